The smallest absolute Gasteiger partial charge is 0.241 e. The molecule has 1 heterocycles. The van der Waals surface area contributed by atoms with Gasteiger partial charge in [-0.15, -0.1) is 24.2 Å². The van der Waals surface area contributed by atoms with E-state index in [1.807, 2.05) is 4.72 Å². The third-order valence-electron chi connectivity index (χ3n) is 3.16. The van der Waals surface area contributed by atoms with Crippen molar-refractivity contribution in [2.75, 3.05) is 24.4 Å². The predicted octanol–water partition coefficient (Wildman–Crippen LogP) is -0.596. The summed E-state index contributed by atoms with van der Waals surface area (Å²) in [6.45, 7) is 0.405. The average Bonchev–Trinajstić information content (AvgIpc) is 2.92. The fourth-order valence-corrected chi connectivity index (χ4v) is 3.56. The molecule has 0 unspecified atom stereocenters. The van der Waals surface area contributed by atoms with E-state index in [-0.39, 0.29) is 24.3 Å². The van der Waals surface area contributed by atoms with Crippen molar-refractivity contribution >= 4 is 46.1 Å². The number of rotatable bonds is 7. The molecular formula is C12H23ClN6O3S2. The van der Waals surface area contributed by atoms with Gasteiger partial charge in [-0.3, -0.25) is 14.9 Å². The molecule has 0 aromatic heterocycles. The van der Waals surface area contributed by atoms with Crippen molar-refractivity contribution in [1.29, 1.82) is 10.7 Å². The van der Waals surface area contributed by atoms with Crippen LogP contribution in [0.1, 0.15) is 19.3 Å². The van der Waals surface area contributed by atoms with Crippen LogP contribution in [0.5, 0.6) is 0 Å². The van der Waals surface area contributed by atoms with Gasteiger partial charge in [0.2, 0.25) is 21.9 Å². The minimum Gasteiger partial charge on any atom is -0.356 e. The predicted molar refractivity (Wildman–Crippen MR) is 96.4 cm³/mol. The Bertz CT molecular complexity index is 580. The van der Waals surface area contributed by atoms with Gasteiger partial charge in [0.25, 0.3) is 0 Å². The number of nitrogens with zero attached hydrogens (tertiary/aromatic N) is 2. The molecular weight excluding hydrogens is 376 g/mol. The van der Waals surface area contributed by atoms with Crippen LogP contribution < -0.4 is 15.8 Å². The molecule has 0 bridgehead atoms. The molecule has 5 N–H and O–H groups in total. The monoisotopic (exact) mass is 398 g/mol. The second kappa shape index (κ2) is 10.6. The Balaban J connectivity index is 0.00000529. The van der Waals surface area contributed by atoms with Gasteiger partial charge < -0.3 is 16.0 Å². The molecule has 0 radical (unpaired) electrons. The minimum atomic E-state index is -3.44. The first-order chi connectivity index (χ1) is 10.7. The highest BCUT2D eigenvalue weighted by Crippen LogP contribution is 2.21. The van der Waals surface area contributed by atoms with Crippen molar-refractivity contribution in [2.45, 2.75) is 31.3 Å². The molecule has 1 rings (SSSR count). The second-order valence-electron chi connectivity index (χ2n) is 5.23. The van der Waals surface area contributed by atoms with Crippen molar-refractivity contribution in [2.24, 2.45) is 5.73 Å². The maximum Gasteiger partial charge on any atom is 0.241 e. The first-order valence-corrected chi connectivity index (χ1v) is 10.1. The maximum absolute atomic E-state index is 12.2. The Hall–Kier alpha value is -1.22. The lowest BCUT2D eigenvalue weighted by Gasteiger charge is -2.22. The van der Waals surface area contributed by atoms with E-state index < -0.39 is 22.1 Å². The molecule has 12 heteroatoms. The number of nitrogens with one attached hydrogen (secondary N) is 3. The average molecular weight is 399 g/mol. The lowest BCUT2D eigenvalue weighted by molar-refractivity contribution is -0.132. The van der Waals surface area contributed by atoms with Crippen LogP contribution in [0.25, 0.3) is 0 Å². The number of hydrogen-bond donors (Lipinski definition) is 4. The van der Waals surface area contributed by atoms with Gasteiger partial charge in [-0.05, 0) is 19.3 Å². The van der Waals surface area contributed by atoms with Gasteiger partial charge in [0.15, 0.2) is 0 Å². The highest BCUT2D eigenvalue weighted by Gasteiger charge is 2.31. The van der Waals surface area contributed by atoms with Crippen molar-refractivity contribution < 1.29 is 13.2 Å². The summed E-state index contributed by atoms with van der Waals surface area (Å²) in [6.07, 6.45) is 2.75. The standard InChI is InChI=1S/C12H22N6O3S2.ClH/c1-23(20,21)17-12(15)16-5-3-2-4-10(14)11(19)18-8-22-7-9(18)6-13;/h9-10H,2-5,7-8,14H2,1H3,(H3,15,16,17);1H/t9-,10+;/m1./s1. The van der Waals surface area contributed by atoms with Crippen molar-refractivity contribution in [3.63, 3.8) is 0 Å². The molecule has 1 amide bonds. The highest BCUT2D eigenvalue weighted by molar-refractivity contribution is 7.99. The lowest BCUT2D eigenvalue weighted by atomic mass is 10.1. The molecule has 0 saturated carbocycles. The van der Waals surface area contributed by atoms with Crippen molar-refractivity contribution in [1.82, 2.24) is 14.9 Å². The van der Waals surface area contributed by atoms with Crippen LogP contribution in [0.2, 0.25) is 0 Å². The molecule has 0 aliphatic carbocycles. The van der Waals surface area contributed by atoms with Gasteiger partial charge in [0, 0.05) is 12.3 Å². The van der Waals surface area contributed by atoms with E-state index >= 15 is 0 Å². The zero-order valence-electron chi connectivity index (χ0n) is 13.3. The van der Waals surface area contributed by atoms with Gasteiger partial charge in [0.1, 0.15) is 6.04 Å². The molecule has 1 aliphatic rings. The van der Waals surface area contributed by atoms with E-state index in [1.54, 1.807) is 0 Å². The summed E-state index contributed by atoms with van der Waals surface area (Å²) < 4.78 is 23.8. The fraction of sp³-hybridized carbons (Fsp3) is 0.750. The Labute approximate surface area is 152 Å². The van der Waals surface area contributed by atoms with Crippen LogP contribution in [0.15, 0.2) is 0 Å². The van der Waals surface area contributed by atoms with E-state index in [9.17, 15) is 13.2 Å². The normalized spacial score (nSPS) is 18.2. The molecule has 1 aliphatic heterocycles. The largest absolute Gasteiger partial charge is 0.356 e. The first kappa shape index (κ1) is 22.8. The number of amides is 1. The summed E-state index contributed by atoms with van der Waals surface area (Å²) in [5, 5.41) is 19.0. The van der Waals surface area contributed by atoms with E-state index in [1.165, 1.54) is 16.7 Å². The number of guanidine groups is 1. The van der Waals surface area contributed by atoms with Crippen molar-refractivity contribution in [3.05, 3.63) is 0 Å². The number of carbonyl (C=O) groups is 1. The molecule has 0 aromatic carbocycles. The van der Waals surface area contributed by atoms with Crippen LogP contribution in [-0.2, 0) is 14.8 Å². The molecule has 1 saturated heterocycles. The third-order valence-corrected chi connectivity index (χ3v) is 4.75. The van der Waals surface area contributed by atoms with E-state index in [0.29, 0.717) is 37.4 Å². The minimum absolute atomic E-state index is 0. The SMILES string of the molecule is CS(=O)(=O)NC(=N)NCCCC[C@H](N)C(=O)N1CSC[C@H]1C#N.Cl. The lowest BCUT2D eigenvalue weighted by Crippen LogP contribution is -2.46. The van der Waals surface area contributed by atoms with E-state index in [2.05, 4.69) is 11.4 Å². The summed E-state index contributed by atoms with van der Waals surface area (Å²) >= 11 is 1.54. The van der Waals surface area contributed by atoms with Crippen molar-refractivity contribution in [3.8, 4) is 6.07 Å². The fourth-order valence-electron chi connectivity index (χ4n) is 2.03. The van der Waals surface area contributed by atoms with E-state index in [4.69, 9.17) is 16.4 Å². The van der Waals surface area contributed by atoms with Crippen LogP contribution in [0, 0.1) is 16.7 Å². The van der Waals surface area contributed by atoms with Gasteiger partial charge >= 0.3 is 0 Å². The Morgan fingerprint density at radius 2 is 2.21 bits per heavy atom. The van der Waals surface area contributed by atoms with Gasteiger partial charge in [0.05, 0.1) is 24.2 Å². The zero-order valence-corrected chi connectivity index (χ0v) is 15.8. The zero-order chi connectivity index (χ0) is 17.5. The third kappa shape index (κ3) is 8.05. The van der Waals surface area contributed by atoms with Crippen LogP contribution >= 0.6 is 24.2 Å². The quantitative estimate of drug-likeness (QED) is 0.254. The van der Waals surface area contributed by atoms with Gasteiger partial charge in [-0.2, -0.15) is 5.26 Å². The van der Waals surface area contributed by atoms with Crippen LogP contribution in [-0.4, -0.2) is 61.7 Å². The summed E-state index contributed by atoms with van der Waals surface area (Å²) in [4.78, 5) is 13.7. The number of unbranched alkanes of at least 4 members (excludes halogenated alkanes) is 1. The summed E-state index contributed by atoms with van der Waals surface area (Å²) in [5.41, 5.74) is 5.88. The van der Waals surface area contributed by atoms with E-state index in [0.717, 1.165) is 6.26 Å². The number of nitrogens with two attached hydrogens (primary N) is 1. The second-order valence-corrected chi connectivity index (χ2v) is 7.98. The number of nitriles is 1. The topological polar surface area (TPSA) is 152 Å². The molecule has 0 spiro atoms. The Morgan fingerprint density at radius 3 is 2.79 bits per heavy atom. The summed E-state index contributed by atoms with van der Waals surface area (Å²) in [6, 6.07) is 1.06. The van der Waals surface area contributed by atoms with Gasteiger partial charge in [-0.25, -0.2) is 8.42 Å². The maximum atomic E-state index is 12.2. The molecule has 138 valence electrons. The van der Waals surface area contributed by atoms with Crippen LogP contribution in [0.3, 0.4) is 0 Å². The molecule has 9 nitrogen and oxygen atoms in total. The highest BCUT2D eigenvalue weighted by atomic mass is 35.5. The molecule has 24 heavy (non-hydrogen) atoms. The molecule has 0 aromatic rings. The number of thioether (sulfide) groups is 1. The number of halogens is 1. The van der Waals surface area contributed by atoms with Gasteiger partial charge in [-0.1, -0.05) is 0 Å². The number of sulfonamides is 1. The van der Waals surface area contributed by atoms with Crippen LogP contribution in [0.4, 0.5) is 0 Å². The Kier molecular flexibility index (Phi) is 10.1. The number of carbonyl (C=O) groups excluding carboxylic acids is 1. The molecule has 1 fully saturated rings. The number of hydrogen-bond acceptors (Lipinski definition) is 7. The first-order valence-electron chi connectivity index (χ1n) is 7.08. The summed E-state index contributed by atoms with van der Waals surface area (Å²) in [7, 11) is -3.44. The Morgan fingerprint density at radius 1 is 1.54 bits per heavy atom. The summed E-state index contributed by atoms with van der Waals surface area (Å²) in [5.74, 6) is 0.634. The molecule has 2 atom stereocenters.